The van der Waals surface area contributed by atoms with Crippen LogP contribution >= 0.6 is 11.6 Å². The number of rotatable bonds is 5. The van der Waals surface area contributed by atoms with Gasteiger partial charge >= 0.3 is 5.97 Å². The van der Waals surface area contributed by atoms with E-state index in [1.807, 2.05) is 24.3 Å². The SMILES string of the molecule is O=C(O)c1cccc(C(=O)NCC2(c3ccc(Cl)cc3)CCOCC2)n1. The van der Waals surface area contributed by atoms with E-state index >= 15 is 0 Å². The Kier molecular flexibility index (Phi) is 5.54. The molecule has 26 heavy (non-hydrogen) atoms. The van der Waals surface area contributed by atoms with Gasteiger partial charge in [-0.3, -0.25) is 4.79 Å². The summed E-state index contributed by atoms with van der Waals surface area (Å²) in [5.74, 6) is -1.56. The molecule has 1 aromatic carbocycles. The van der Waals surface area contributed by atoms with Gasteiger partial charge in [0.1, 0.15) is 11.4 Å². The molecule has 1 fully saturated rings. The van der Waals surface area contributed by atoms with Gasteiger partial charge in [0.25, 0.3) is 5.91 Å². The molecule has 1 aliphatic rings. The number of pyridine rings is 1. The average Bonchev–Trinajstić information content (AvgIpc) is 2.67. The second-order valence-corrected chi connectivity index (χ2v) is 6.73. The number of nitrogens with zero attached hydrogens (tertiary/aromatic N) is 1. The highest BCUT2D eigenvalue weighted by atomic mass is 35.5. The molecule has 6 nitrogen and oxygen atoms in total. The van der Waals surface area contributed by atoms with Crippen LogP contribution in [-0.4, -0.2) is 41.7 Å². The van der Waals surface area contributed by atoms with Crippen molar-refractivity contribution in [3.63, 3.8) is 0 Å². The number of benzene rings is 1. The van der Waals surface area contributed by atoms with Crippen LogP contribution in [0, 0.1) is 0 Å². The highest BCUT2D eigenvalue weighted by Crippen LogP contribution is 2.35. The van der Waals surface area contributed by atoms with E-state index in [2.05, 4.69) is 10.3 Å². The van der Waals surface area contributed by atoms with Crippen LogP contribution in [0.15, 0.2) is 42.5 Å². The lowest BCUT2D eigenvalue weighted by molar-refractivity contribution is 0.0486. The van der Waals surface area contributed by atoms with Gasteiger partial charge in [0, 0.05) is 30.2 Å². The lowest BCUT2D eigenvalue weighted by Gasteiger charge is -2.38. The van der Waals surface area contributed by atoms with Crippen LogP contribution in [0.3, 0.4) is 0 Å². The number of hydrogen-bond donors (Lipinski definition) is 2. The normalized spacial score (nSPS) is 16.0. The zero-order valence-electron chi connectivity index (χ0n) is 14.1. The topological polar surface area (TPSA) is 88.5 Å². The van der Waals surface area contributed by atoms with Crippen molar-refractivity contribution < 1.29 is 19.4 Å². The molecule has 0 spiro atoms. The predicted octanol–water partition coefficient (Wildman–Crippen LogP) is 2.91. The Bertz CT molecular complexity index is 801. The third-order valence-corrected chi connectivity index (χ3v) is 4.95. The summed E-state index contributed by atoms with van der Waals surface area (Å²) in [6.07, 6.45) is 1.55. The number of nitrogens with one attached hydrogen (secondary N) is 1. The first-order valence-corrected chi connectivity index (χ1v) is 8.70. The quantitative estimate of drug-likeness (QED) is 0.840. The van der Waals surface area contributed by atoms with E-state index < -0.39 is 11.9 Å². The molecule has 0 unspecified atom stereocenters. The first-order valence-electron chi connectivity index (χ1n) is 8.32. The van der Waals surface area contributed by atoms with Crippen molar-refractivity contribution in [1.29, 1.82) is 0 Å². The van der Waals surface area contributed by atoms with Crippen LogP contribution < -0.4 is 5.32 Å². The Morgan fingerprint density at radius 3 is 2.42 bits per heavy atom. The summed E-state index contributed by atoms with van der Waals surface area (Å²) >= 11 is 5.99. The summed E-state index contributed by atoms with van der Waals surface area (Å²) in [6.45, 7) is 1.65. The fraction of sp³-hybridized carbons (Fsp3) is 0.316. The zero-order valence-corrected chi connectivity index (χ0v) is 14.8. The summed E-state index contributed by atoms with van der Waals surface area (Å²) in [4.78, 5) is 27.4. The smallest absolute Gasteiger partial charge is 0.354 e. The van der Waals surface area contributed by atoms with Crippen LogP contribution in [0.5, 0.6) is 0 Å². The highest BCUT2D eigenvalue weighted by molar-refractivity contribution is 6.30. The number of carbonyl (C=O) groups is 2. The number of carboxylic acid groups (broad SMARTS) is 1. The van der Waals surface area contributed by atoms with Crippen molar-refractivity contribution in [2.24, 2.45) is 0 Å². The van der Waals surface area contributed by atoms with E-state index in [1.165, 1.54) is 18.2 Å². The Morgan fingerprint density at radius 1 is 1.12 bits per heavy atom. The molecule has 2 heterocycles. The molecule has 2 aromatic rings. The molecule has 0 aliphatic carbocycles. The van der Waals surface area contributed by atoms with Gasteiger partial charge in [-0.25, -0.2) is 9.78 Å². The third-order valence-electron chi connectivity index (χ3n) is 4.69. The Balaban J connectivity index is 1.78. The number of carbonyl (C=O) groups excluding carboxylic acids is 1. The van der Waals surface area contributed by atoms with Crippen molar-refractivity contribution in [1.82, 2.24) is 10.3 Å². The second-order valence-electron chi connectivity index (χ2n) is 6.30. The minimum absolute atomic E-state index is 0.0863. The van der Waals surface area contributed by atoms with Crippen molar-refractivity contribution in [2.75, 3.05) is 19.8 Å². The Morgan fingerprint density at radius 2 is 1.77 bits per heavy atom. The molecule has 1 saturated heterocycles. The van der Waals surface area contributed by atoms with Crippen LogP contribution in [0.4, 0.5) is 0 Å². The molecule has 7 heteroatoms. The molecule has 136 valence electrons. The zero-order chi connectivity index (χ0) is 18.6. The van der Waals surface area contributed by atoms with Crippen LogP contribution in [-0.2, 0) is 10.2 Å². The maximum atomic E-state index is 12.5. The maximum Gasteiger partial charge on any atom is 0.354 e. The van der Waals surface area contributed by atoms with Gasteiger partial charge in [-0.15, -0.1) is 0 Å². The fourth-order valence-electron chi connectivity index (χ4n) is 3.15. The molecular weight excluding hydrogens is 356 g/mol. The first-order chi connectivity index (χ1) is 12.5. The molecule has 1 aliphatic heterocycles. The molecule has 0 radical (unpaired) electrons. The minimum atomic E-state index is -1.17. The Hall–Kier alpha value is -2.44. The maximum absolute atomic E-state index is 12.5. The number of amides is 1. The predicted molar refractivity (Wildman–Crippen MR) is 96.7 cm³/mol. The number of aromatic nitrogens is 1. The number of halogens is 1. The molecule has 3 rings (SSSR count). The monoisotopic (exact) mass is 374 g/mol. The second kappa shape index (κ2) is 7.85. The van der Waals surface area contributed by atoms with Gasteiger partial charge in [0.15, 0.2) is 0 Å². The molecule has 0 atom stereocenters. The molecular formula is C19H19ClN2O4. The third kappa shape index (κ3) is 4.03. The summed E-state index contributed by atoms with van der Waals surface area (Å²) in [7, 11) is 0. The van der Waals surface area contributed by atoms with Crippen molar-refractivity contribution in [3.8, 4) is 0 Å². The van der Waals surface area contributed by atoms with E-state index in [0.29, 0.717) is 24.8 Å². The lowest BCUT2D eigenvalue weighted by Crippen LogP contribution is -2.44. The van der Waals surface area contributed by atoms with E-state index in [1.54, 1.807) is 0 Å². The standard InChI is InChI=1S/C19H19ClN2O4/c20-14-6-4-13(5-7-14)19(8-10-26-11-9-19)12-21-17(23)15-2-1-3-16(22-15)18(24)25/h1-7H,8-12H2,(H,21,23)(H,24,25). The van der Waals surface area contributed by atoms with Gasteiger partial charge in [-0.2, -0.15) is 0 Å². The largest absolute Gasteiger partial charge is 0.477 e. The summed E-state index contributed by atoms with van der Waals surface area (Å²) < 4.78 is 5.49. The van der Waals surface area contributed by atoms with Crippen LogP contribution in [0.1, 0.15) is 39.4 Å². The van der Waals surface area contributed by atoms with Crippen molar-refractivity contribution in [2.45, 2.75) is 18.3 Å². The molecule has 1 amide bonds. The highest BCUT2D eigenvalue weighted by Gasteiger charge is 2.35. The van der Waals surface area contributed by atoms with Gasteiger partial charge in [-0.05, 0) is 42.7 Å². The summed E-state index contributed by atoms with van der Waals surface area (Å²) in [5.41, 5.74) is 0.778. The van der Waals surface area contributed by atoms with Crippen molar-refractivity contribution >= 4 is 23.5 Å². The molecule has 2 N–H and O–H groups in total. The Labute approximate surface area is 156 Å². The molecule has 0 bridgehead atoms. The van der Waals surface area contributed by atoms with Gasteiger partial charge in [-0.1, -0.05) is 29.8 Å². The van der Waals surface area contributed by atoms with Crippen LogP contribution in [0.2, 0.25) is 5.02 Å². The number of aromatic carboxylic acids is 1. The van der Waals surface area contributed by atoms with Gasteiger partial charge in [0.2, 0.25) is 0 Å². The lowest BCUT2D eigenvalue weighted by atomic mass is 9.74. The number of ether oxygens (including phenoxy) is 1. The number of carboxylic acids is 1. The molecule has 1 aromatic heterocycles. The van der Waals surface area contributed by atoms with E-state index in [-0.39, 0.29) is 16.8 Å². The summed E-state index contributed by atoms with van der Waals surface area (Å²) in [6, 6.07) is 12.0. The van der Waals surface area contributed by atoms with E-state index in [4.69, 9.17) is 21.4 Å². The van der Waals surface area contributed by atoms with Crippen LogP contribution in [0.25, 0.3) is 0 Å². The summed E-state index contributed by atoms with van der Waals surface area (Å²) in [5, 5.41) is 12.6. The number of hydrogen-bond acceptors (Lipinski definition) is 4. The van der Waals surface area contributed by atoms with E-state index in [9.17, 15) is 9.59 Å². The van der Waals surface area contributed by atoms with Crippen molar-refractivity contribution in [3.05, 3.63) is 64.4 Å². The average molecular weight is 375 g/mol. The van der Waals surface area contributed by atoms with Gasteiger partial charge < -0.3 is 15.2 Å². The first kappa shape index (κ1) is 18.4. The van der Waals surface area contributed by atoms with Gasteiger partial charge in [0.05, 0.1) is 0 Å². The molecule has 0 saturated carbocycles. The minimum Gasteiger partial charge on any atom is -0.477 e. The fourth-order valence-corrected chi connectivity index (χ4v) is 3.28. The van der Waals surface area contributed by atoms with E-state index in [0.717, 1.165) is 18.4 Å².